The Hall–Kier alpha value is -1.20. The van der Waals surface area contributed by atoms with Crippen molar-refractivity contribution in [2.75, 3.05) is 0 Å². The summed E-state index contributed by atoms with van der Waals surface area (Å²) in [7, 11) is 0. The van der Waals surface area contributed by atoms with Gasteiger partial charge in [-0.05, 0) is 12.1 Å². The Morgan fingerprint density at radius 2 is 1.05 bits per heavy atom. The van der Waals surface area contributed by atoms with Crippen molar-refractivity contribution in [2.24, 2.45) is 0 Å². The van der Waals surface area contributed by atoms with Crippen LogP contribution in [0.3, 0.4) is 0 Å². The molecule has 8 heteroatoms. The van der Waals surface area contributed by atoms with E-state index in [9.17, 15) is 9.59 Å². The number of carbonyl (C=O) groups is 2. The van der Waals surface area contributed by atoms with E-state index in [1.807, 2.05) is 0 Å². The molecule has 0 bridgehead atoms. The zero-order valence-electron chi connectivity index (χ0n) is 9.59. The highest BCUT2D eigenvalue weighted by atomic mass is 35.5. The lowest BCUT2D eigenvalue weighted by molar-refractivity contribution is 0.0686. The van der Waals surface area contributed by atoms with Gasteiger partial charge >= 0.3 is 11.9 Å². The van der Waals surface area contributed by atoms with Crippen molar-refractivity contribution < 1.29 is 19.8 Å². The molecule has 0 radical (unpaired) electrons. The minimum atomic E-state index is -1.15. The van der Waals surface area contributed by atoms with Crippen LogP contribution in [0.15, 0.2) is 24.3 Å². The molecule has 0 aromatic heterocycles. The minimum Gasteiger partial charge on any atom is -0.478 e. The third-order valence-electron chi connectivity index (χ3n) is 2.53. The second kappa shape index (κ2) is 6.99. The maximum absolute atomic E-state index is 10.9. The molecule has 0 saturated heterocycles. The summed E-state index contributed by atoms with van der Waals surface area (Å²) in [6.07, 6.45) is 0. The van der Waals surface area contributed by atoms with Crippen LogP contribution in [-0.4, -0.2) is 22.2 Å². The third-order valence-corrected chi connectivity index (χ3v) is 3.34. The molecule has 0 aliphatic heterocycles. The summed E-state index contributed by atoms with van der Waals surface area (Å²) in [6, 6.07) is 5.48. The normalized spacial score (nSPS) is 9.50. The molecule has 20 heavy (non-hydrogen) atoms. The van der Waals surface area contributed by atoms with Crippen molar-refractivity contribution in [1.82, 2.24) is 0 Å². The first-order valence-corrected chi connectivity index (χ1v) is 5.56. The molecule has 2 aromatic rings. The molecule has 0 unspecified atom stereocenters. The Morgan fingerprint density at radius 3 is 1.30 bits per heavy atom. The predicted molar refractivity (Wildman–Crippen MR) is 82.4 cm³/mol. The molecule has 0 aliphatic rings. The molecule has 0 heterocycles. The SMILES string of the molecule is Cl.Cl.O=C(O)c1ccc2c(Cl)c(C(=O)O)ccc2c1Cl. The summed E-state index contributed by atoms with van der Waals surface area (Å²) in [5.41, 5.74) is -0.105. The number of fused-ring (bicyclic) bond motifs is 1. The van der Waals surface area contributed by atoms with E-state index in [-0.39, 0.29) is 46.0 Å². The topological polar surface area (TPSA) is 74.6 Å². The molecular formula is C12H8Cl4O4. The summed E-state index contributed by atoms with van der Waals surface area (Å²) < 4.78 is 0. The van der Waals surface area contributed by atoms with Crippen LogP contribution in [0.1, 0.15) is 20.7 Å². The Balaban J connectivity index is 0.00000180. The largest absolute Gasteiger partial charge is 0.478 e. The van der Waals surface area contributed by atoms with Crippen LogP contribution in [0, 0.1) is 0 Å². The first kappa shape index (κ1) is 18.8. The number of rotatable bonds is 2. The molecule has 0 saturated carbocycles. The fourth-order valence-electron chi connectivity index (χ4n) is 1.66. The van der Waals surface area contributed by atoms with Gasteiger partial charge in [-0.25, -0.2) is 9.59 Å². The first-order valence-electron chi connectivity index (χ1n) is 4.80. The number of benzene rings is 2. The van der Waals surface area contributed by atoms with Gasteiger partial charge in [0.1, 0.15) is 0 Å². The van der Waals surface area contributed by atoms with Crippen LogP contribution in [-0.2, 0) is 0 Å². The van der Waals surface area contributed by atoms with Crippen LogP contribution in [0.5, 0.6) is 0 Å². The molecule has 2 rings (SSSR count). The van der Waals surface area contributed by atoms with E-state index in [2.05, 4.69) is 0 Å². The number of carboxylic acid groups (broad SMARTS) is 2. The van der Waals surface area contributed by atoms with Crippen LogP contribution in [0.2, 0.25) is 10.0 Å². The van der Waals surface area contributed by atoms with Crippen molar-refractivity contribution in [3.05, 3.63) is 45.4 Å². The van der Waals surface area contributed by atoms with E-state index in [0.29, 0.717) is 10.8 Å². The molecule has 0 atom stereocenters. The summed E-state index contributed by atoms with van der Waals surface area (Å²) in [5.74, 6) is -2.30. The highest BCUT2D eigenvalue weighted by Gasteiger charge is 2.16. The van der Waals surface area contributed by atoms with Crippen molar-refractivity contribution in [1.29, 1.82) is 0 Å². The zero-order chi connectivity index (χ0) is 13.4. The van der Waals surface area contributed by atoms with Crippen molar-refractivity contribution in [3.63, 3.8) is 0 Å². The monoisotopic (exact) mass is 356 g/mol. The highest BCUT2D eigenvalue weighted by molar-refractivity contribution is 6.42. The Bertz CT molecular complexity index is 625. The van der Waals surface area contributed by atoms with Crippen LogP contribution < -0.4 is 0 Å². The summed E-state index contributed by atoms with van der Waals surface area (Å²) >= 11 is 11.9. The lowest BCUT2D eigenvalue weighted by Crippen LogP contribution is -2.00. The fourth-order valence-corrected chi connectivity index (χ4v) is 2.28. The average Bonchev–Trinajstić information content (AvgIpc) is 2.29. The predicted octanol–water partition coefficient (Wildman–Crippen LogP) is 4.39. The van der Waals surface area contributed by atoms with E-state index >= 15 is 0 Å². The van der Waals surface area contributed by atoms with E-state index in [1.165, 1.54) is 24.3 Å². The molecule has 108 valence electrons. The number of halogens is 4. The van der Waals surface area contributed by atoms with E-state index in [1.54, 1.807) is 0 Å². The van der Waals surface area contributed by atoms with E-state index in [4.69, 9.17) is 33.4 Å². The van der Waals surface area contributed by atoms with Gasteiger partial charge in [-0.2, -0.15) is 0 Å². The highest BCUT2D eigenvalue weighted by Crippen LogP contribution is 2.33. The van der Waals surface area contributed by atoms with Crippen LogP contribution in [0.4, 0.5) is 0 Å². The van der Waals surface area contributed by atoms with Crippen LogP contribution >= 0.6 is 48.0 Å². The zero-order valence-corrected chi connectivity index (χ0v) is 12.7. The van der Waals surface area contributed by atoms with Crippen molar-refractivity contribution >= 4 is 70.7 Å². The first-order chi connectivity index (χ1) is 8.43. The quantitative estimate of drug-likeness (QED) is 0.835. The second-order valence-electron chi connectivity index (χ2n) is 3.56. The van der Waals surface area contributed by atoms with Gasteiger partial charge in [0, 0.05) is 10.8 Å². The van der Waals surface area contributed by atoms with Crippen molar-refractivity contribution in [2.45, 2.75) is 0 Å². The van der Waals surface area contributed by atoms with Gasteiger partial charge in [0.05, 0.1) is 21.2 Å². The standard InChI is InChI=1S/C12H6Cl2O4.2ClH/c13-9-5-1-3-7(11(15)16)10(14)6(5)2-4-8(9)12(17)18;;/h1-4H,(H,15,16)(H,17,18);2*1H. The van der Waals surface area contributed by atoms with Gasteiger partial charge < -0.3 is 10.2 Å². The number of hydrogen-bond donors (Lipinski definition) is 2. The second-order valence-corrected chi connectivity index (χ2v) is 4.32. The van der Waals surface area contributed by atoms with Gasteiger partial charge in [-0.3, -0.25) is 0 Å². The fraction of sp³-hybridized carbons (Fsp3) is 0. The van der Waals surface area contributed by atoms with Gasteiger partial charge in [0.15, 0.2) is 0 Å². The van der Waals surface area contributed by atoms with E-state index < -0.39 is 11.9 Å². The third kappa shape index (κ3) is 3.10. The number of carboxylic acids is 2. The molecule has 0 fully saturated rings. The van der Waals surface area contributed by atoms with E-state index in [0.717, 1.165) is 0 Å². The molecule has 4 nitrogen and oxygen atoms in total. The lowest BCUT2D eigenvalue weighted by Gasteiger charge is -2.07. The van der Waals surface area contributed by atoms with Crippen molar-refractivity contribution in [3.8, 4) is 0 Å². The van der Waals surface area contributed by atoms with Gasteiger partial charge in [-0.1, -0.05) is 35.3 Å². The molecular weight excluding hydrogens is 350 g/mol. The molecule has 0 aliphatic carbocycles. The average molecular weight is 358 g/mol. The van der Waals surface area contributed by atoms with Gasteiger partial charge in [0.2, 0.25) is 0 Å². The smallest absolute Gasteiger partial charge is 0.337 e. The molecule has 2 aromatic carbocycles. The number of aromatic carboxylic acids is 2. The Labute approximate surface area is 136 Å². The molecule has 0 amide bonds. The summed E-state index contributed by atoms with van der Waals surface area (Å²) in [6.45, 7) is 0. The minimum absolute atomic E-state index is 0. The Morgan fingerprint density at radius 1 is 0.750 bits per heavy atom. The van der Waals surface area contributed by atoms with Crippen LogP contribution in [0.25, 0.3) is 10.8 Å². The molecule has 2 N–H and O–H groups in total. The maximum Gasteiger partial charge on any atom is 0.337 e. The summed E-state index contributed by atoms with van der Waals surface area (Å²) in [4.78, 5) is 21.8. The maximum atomic E-state index is 10.9. The number of hydrogen-bond acceptors (Lipinski definition) is 2. The molecule has 0 spiro atoms. The van der Waals surface area contributed by atoms with Gasteiger partial charge in [0.25, 0.3) is 0 Å². The summed E-state index contributed by atoms with van der Waals surface area (Å²) in [5, 5.41) is 18.8. The van der Waals surface area contributed by atoms with Gasteiger partial charge in [-0.15, -0.1) is 24.8 Å². The lowest BCUT2D eigenvalue weighted by atomic mass is 10.0. The Kier molecular flexibility index (Phi) is 6.58.